The van der Waals surface area contributed by atoms with Crippen LogP contribution >= 0.6 is 0 Å². The molecule has 1 fully saturated rings. The fourth-order valence-electron chi connectivity index (χ4n) is 2.80. The van der Waals surface area contributed by atoms with Crippen molar-refractivity contribution in [3.05, 3.63) is 35.4 Å². The second-order valence-electron chi connectivity index (χ2n) is 6.60. The Labute approximate surface area is 138 Å². The Morgan fingerprint density at radius 1 is 1.22 bits per heavy atom. The number of hydrogen-bond acceptors (Lipinski definition) is 3. The Bertz CT molecular complexity index is 551. The van der Waals surface area contributed by atoms with Gasteiger partial charge in [0, 0.05) is 11.6 Å². The number of carbonyl (C=O) groups excluding carboxylic acids is 2. The molecule has 1 saturated heterocycles. The van der Waals surface area contributed by atoms with Crippen molar-refractivity contribution in [3.63, 3.8) is 0 Å². The van der Waals surface area contributed by atoms with E-state index in [0.29, 0.717) is 5.56 Å². The predicted molar refractivity (Wildman–Crippen MR) is 91.3 cm³/mol. The Morgan fingerprint density at radius 2 is 1.91 bits per heavy atom. The number of rotatable bonds is 5. The molecule has 0 spiro atoms. The molecule has 0 aromatic heterocycles. The number of aryl methyl sites for hydroxylation is 1. The molecule has 0 bridgehead atoms. The standard InChI is InChI=1S/C18H27N3O2/c1-12(2)16(18(23)20-15-7-9-19-10-8-15)21-17(22)14-6-4-5-13(3)11-14/h4-6,11-12,15-16,19H,7-10H2,1-3H3,(H,20,23)(H,21,22). The summed E-state index contributed by atoms with van der Waals surface area (Å²) in [5, 5.41) is 9.24. The van der Waals surface area contributed by atoms with E-state index in [-0.39, 0.29) is 23.8 Å². The first-order valence-electron chi connectivity index (χ1n) is 8.36. The molecule has 5 nitrogen and oxygen atoms in total. The van der Waals surface area contributed by atoms with Crippen molar-refractivity contribution < 1.29 is 9.59 Å². The molecule has 1 atom stereocenters. The van der Waals surface area contributed by atoms with Crippen molar-refractivity contribution in [2.75, 3.05) is 13.1 Å². The summed E-state index contributed by atoms with van der Waals surface area (Å²) in [6.45, 7) is 7.69. The average Bonchev–Trinajstić information content (AvgIpc) is 2.52. The number of piperidine rings is 1. The fourth-order valence-corrected chi connectivity index (χ4v) is 2.80. The Balaban J connectivity index is 2.00. The van der Waals surface area contributed by atoms with Gasteiger partial charge in [0.25, 0.3) is 5.91 Å². The van der Waals surface area contributed by atoms with E-state index in [1.807, 2.05) is 39.0 Å². The van der Waals surface area contributed by atoms with Crippen LogP contribution in [-0.4, -0.2) is 37.0 Å². The van der Waals surface area contributed by atoms with E-state index < -0.39 is 6.04 Å². The maximum atomic E-state index is 12.5. The summed E-state index contributed by atoms with van der Waals surface area (Å²) < 4.78 is 0. The van der Waals surface area contributed by atoms with Crippen molar-refractivity contribution in [1.82, 2.24) is 16.0 Å². The van der Waals surface area contributed by atoms with E-state index in [1.165, 1.54) is 0 Å². The van der Waals surface area contributed by atoms with Crippen molar-refractivity contribution >= 4 is 11.8 Å². The number of amides is 2. The van der Waals surface area contributed by atoms with Crippen molar-refractivity contribution in [1.29, 1.82) is 0 Å². The van der Waals surface area contributed by atoms with Gasteiger partial charge in [-0.15, -0.1) is 0 Å². The molecule has 126 valence electrons. The molecule has 3 N–H and O–H groups in total. The second-order valence-corrected chi connectivity index (χ2v) is 6.60. The maximum Gasteiger partial charge on any atom is 0.251 e. The van der Waals surface area contributed by atoms with E-state index in [0.717, 1.165) is 31.5 Å². The molecule has 1 aliphatic heterocycles. The predicted octanol–water partition coefficient (Wildman–Crippen LogP) is 1.62. The van der Waals surface area contributed by atoms with Gasteiger partial charge in [0.1, 0.15) is 6.04 Å². The van der Waals surface area contributed by atoms with Crippen LogP contribution in [-0.2, 0) is 4.79 Å². The van der Waals surface area contributed by atoms with Gasteiger partial charge in [-0.25, -0.2) is 0 Å². The third-order valence-electron chi connectivity index (χ3n) is 4.20. The van der Waals surface area contributed by atoms with Crippen molar-refractivity contribution in [2.24, 2.45) is 5.92 Å². The molecule has 0 saturated carbocycles. The van der Waals surface area contributed by atoms with Gasteiger partial charge in [-0.2, -0.15) is 0 Å². The van der Waals surface area contributed by atoms with Gasteiger partial charge in [-0.1, -0.05) is 31.5 Å². The summed E-state index contributed by atoms with van der Waals surface area (Å²) in [5.74, 6) is -0.258. The van der Waals surface area contributed by atoms with Gasteiger partial charge >= 0.3 is 0 Å². The molecule has 0 aliphatic carbocycles. The monoisotopic (exact) mass is 317 g/mol. The second kappa shape index (κ2) is 8.11. The van der Waals surface area contributed by atoms with Crippen LogP contribution in [0.2, 0.25) is 0 Å². The average molecular weight is 317 g/mol. The quantitative estimate of drug-likeness (QED) is 0.773. The Morgan fingerprint density at radius 3 is 2.52 bits per heavy atom. The largest absolute Gasteiger partial charge is 0.351 e. The van der Waals surface area contributed by atoms with Gasteiger partial charge in [-0.3, -0.25) is 9.59 Å². The van der Waals surface area contributed by atoms with E-state index >= 15 is 0 Å². The minimum Gasteiger partial charge on any atom is -0.351 e. The summed E-state index contributed by atoms with van der Waals surface area (Å²) in [5.41, 5.74) is 1.61. The molecular formula is C18H27N3O2. The highest BCUT2D eigenvalue weighted by molar-refractivity contribution is 5.97. The van der Waals surface area contributed by atoms with E-state index in [4.69, 9.17) is 0 Å². The van der Waals surface area contributed by atoms with Gasteiger partial charge in [0.2, 0.25) is 5.91 Å². The SMILES string of the molecule is Cc1cccc(C(=O)NC(C(=O)NC2CCNCC2)C(C)C)c1. The molecule has 2 amide bonds. The molecule has 0 radical (unpaired) electrons. The highest BCUT2D eigenvalue weighted by Crippen LogP contribution is 2.09. The van der Waals surface area contributed by atoms with E-state index in [9.17, 15) is 9.59 Å². The maximum absolute atomic E-state index is 12.5. The lowest BCUT2D eigenvalue weighted by atomic mass is 10.0. The van der Waals surface area contributed by atoms with Gasteiger partial charge in [0.05, 0.1) is 0 Å². The molecular weight excluding hydrogens is 290 g/mol. The lowest BCUT2D eigenvalue weighted by Crippen LogP contribution is -2.53. The van der Waals surface area contributed by atoms with Crippen LogP contribution in [0.1, 0.15) is 42.6 Å². The number of benzene rings is 1. The summed E-state index contributed by atoms with van der Waals surface area (Å²) in [6.07, 6.45) is 1.87. The van der Waals surface area contributed by atoms with Crippen LogP contribution in [0.3, 0.4) is 0 Å². The first-order valence-corrected chi connectivity index (χ1v) is 8.36. The molecule has 5 heteroatoms. The van der Waals surface area contributed by atoms with E-state index in [1.54, 1.807) is 6.07 Å². The normalized spacial score (nSPS) is 16.9. The smallest absolute Gasteiger partial charge is 0.251 e. The molecule has 1 unspecified atom stereocenters. The number of carbonyl (C=O) groups is 2. The van der Waals surface area contributed by atoms with Gasteiger partial charge in [-0.05, 0) is 50.9 Å². The third kappa shape index (κ3) is 5.06. The van der Waals surface area contributed by atoms with Crippen LogP contribution in [0.4, 0.5) is 0 Å². The van der Waals surface area contributed by atoms with Crippen LogP contribution in [0.5, 0.6) is 0 Å². The molecule has 2 rings (SSSR count). The van der Waals surface area contributed by atoms with Crippen LogP contribution < -0.4 is 16.0 Å². The van der Waals surface area contributed by atoms with Crippen LogP contribution in [0.15, 0.2) is 24.3 Å². The van der Waals surface area contributed by atoms with Crippen LogP contribution in [0.25, 0.3) is 0 Å². The molecule has 1 aromatic rings. The van der Waals surface area contributed by atoms with E-state index in [2.05, 4.69) is 16.0 Å². The van der Waals surface area contributed by atoms with Crippen molar-refractivity contribution in [2.45, 2.75) is 45.7 Å². The summed E-state index contributed by atoms with van der Waals surface area (Å²) >= 11 is 0. The van der Waals surface area contributed by atoms with Gasteiger partial charge < -0.3 is 16.0 Å². The van der Waals surface area contributed by atoms with Crippen molar-refractivity contribution in [3.8, 4) is 0 Å². The highest BCUT2D eigenvalue weighted by atomic mass is 16.2. The third-order valence-corrected chi connectivity index (χ3v) is 4.20. The number of hydrogen-bond donors (Lipinski definition) is 3. The zero-order chi connectivity index (χ0) is 16.8. The summed E-state index contributed by atoms with van der Waals surface area (Å²) in [4.78, 5) is 24.9. The zero-order valence-electron chi connectivity index (χ0n) is 14.2. The Hall–Kier alpha value is -1.88. The Kier molecular flexibility index (Phi) is 6.16. The topological polar surface area (TPSA) is 70.2 Å². The van der Waals surface area contributed by atoms with Crippen LogP contribution in [0, 0.1) is 12.8 Å². The summed E-state index contributed by atoms with van der Waals surface area (Å²) in [6, 6.07) is 7.07. The minimum atomic E-state index is -0.516. The lowest BCUT2D eigenvalue weighted by Gasteiger charge is -2.28. The minimum absolute atomic E-state index is 0.0328. The molecule has 1 heterocycles. The van der Waals surface area contributed by atoms with Gasteiger partial charge in [0.15, 0.2) is 0 Å². The number of nitrogens with one attached hydrogen (secondary N) is 3. The first kappa shape index (κ1) is 17.5. The fraction of sp³-hybridized carbons (Fsp3) is 0.556. The molecule has 23 heavy (non-hydrogen) atoms. The highest BCUT2D eigenvalue weighted by Gasteiger charge is 2.27. The molecule has 1 aliphatic rings. The summed E-state index contributed by atoms with van der Waals surface area (Å²) in [7, 11) is 0. The lowest BCUT2D eigenvalue weighted by molar-refractivity contribution is -0.124. The zero-order valence-corrected chi connectivity index (χ0v) is 14.2. The molecule has 1 aromatic carbocycles. The first-order chi connectivity index (χ1) is 11.0.